The van der Waals surface area contributed by atoms with Gasteiger partial charge in [0.05, 0.1) is 49.8 Å². The summed E-state index contributed by atoms with van der Waals surface area (Å²) in [6, 6.07) is -3.10. The van der Waals surface area contributed by atoms with Gasteiger partial charge in [0.15, 0.2) is 18.3 Å². The molecular weight excluding hydrogens is 2270 g/mol. The Morgan fingerprint density at radius 1 is 0.445 bits per heavy atom. The molecule has 0 bridgehead atoms. The molecule has 74 heteroatoms. The summed E-state index contributed by atoms with van der Waals surface area (Å²) < 4.78 is 202. The van der Waals surface area contributed by atoms with Crippen LogP contribution in [0.1, 0.15) is 79.6 Å². The molecule has 11 N–H and O–H groups in total. The Labute approximate surface area is 834 Å². The third-order valence-corrected chi connectivity index (χ3v) is 25.3. The number of alkyl halides is 22. The zero-order valence-corrected chi connectivity index (χ0v) is 85.7. The monoisotopic (exact) mass is 2340 g/mol. The molecule has 0 aromatic carbocycles. The standard InChI is InChI=1S/C10H12BCl6O6P.C10H12BCl6O5PS.C9H10BCl6F2O6P.C6H11BO3.C6H11BO2.C6H13F2O12P3.C5H9BO3.C2H3NO/c1-5-2-6(11)22-7(5)8(18)23-24(19,20-3-9(12,13)14)21-4-10(15,16)17;1-5-2-6(11)21-7(5)8(24)22-23(18,19-3-9(12,13)14)20-4-10(15,16)17;10-5-1-4(19)6(23-5)9(17,18)24-25(20,21-2-7(11,12)13)22-3-8(14,15)16;1-4-2-6(7)10-5(4)3-9-8;1-4-2-6(7)9-5(4)3-8;1-3-2-4(9)5(17-3)6(7,8)18-22(13,14)20-23(15,16)19-21(10,11)12;6-5-1-3(8)4(2-7)9-5;1-2-3-4/h2*5-7H,2-4H2,1H3;4-6,19H,1-3H2;4-6,8H,2-3H2,1H3;4-6,8H,2-3H2,1H3;3-5,9H,2H2,1H3,(H,13,14)(H,15,16)(H2,10,11,12);3-5,7-8H,1-2H2;4H,1H2/t2*5?,6-,7+;4?,5-,6+;2*4?,5-,6-;3-,4?,5-;3?,4-,5-;/m1111101./s1. The number of thiocarbonyl (C=S) groups is 1. The van der Waals surface area contributed by atoms with Gasteiger partial charge in [-0.3, -0.25) is 32.4 Å². The summed E-state index contributed by atoms with van der Waals surface area (Å²) in [4.78, 5) is 50.5. The maximum atomic E-state index is 14.2. The van der Waals surface area contributed by atoms with Crippen LogP contribution in [-0.4, -0.2) is 317 Å². The van der Waals surface area contributed by atoms with Crippen LogP contribution >= 0.6 is 268 Å². The molecular formula is C54H81B6Cl18F4NO38P6S. The van der Waals surface area contributed by atoms with Crippen molar-refractivity contribution in [2.75, 3.05) is 59.5 Å². The van der Waals surface area contributed by atoms with Gasteiger partial charge in [0.1, 0.15) is 106 Å². The molecule has 7 fully saturated rings. The first-order valence-corrected chi connectivity index (χ1v) is 51.1. The molecule has 12 radical (unpaired) electrons. The van der Waals surface area contributed by atoms with E-state index in [1.807, 2.05) is 26.6 Å². The largest absolute Gasteiger partial charge is 0.532 e. The number of phosphoric ester groups is 4. The molecule has 23 atom stereocenters. The van der Waals surface area contributed by atoms with E-state index in [0.29, 0.717) is 31.1 Å². The smallest absolute Gasteiger partial charge is 0.404 e. The minimum absolute atomic E-state index is 0.0278. The summed E-state index contributed by atoms with van der Waals surface area (Å²) in [6.07, 6.45) is -18.2. The summed E-state index contributed by atoms with van der Waals surface area (Å²) in [7, 11) is 1.20. The SMILES string of the molecule is C=C=NO.C[C@H]1CC(O)[C@@H](C(F)(F)OP(=O)(O)OP(=O)(O)OP(=O)(O)O)O1.[B][C@H]1CC(C)[C@@H](C(=O)OP(=O)(OCC(Cl)(Cl)Cl)OCC(Cl)(Cl)Cl)O1.[B][C@H]1CC(C)[C@@H](C(=S)OP(=O)(OCC(Cl)(Cl)Cl)OCC(Cl)(Cl)Cl)O1.[B][C@H]1CC(C)[C@@H](CO)O1.[B][C@H]1CC(C)[C@@H](COO)O1.[B][C@H]1CC(O)[C@@H](C(F)(F)OP(=O)(OCC(Cl)(Cl)Cl)OCC(Cl)(Cl)Cl)O1.[B][C@H]1CC(O)[C@@H](CO)O1. The lowest BCUT2D eigenvalue weighted by atomic mass is 9.92. The molecule has 7 saturated heterocycles. The lowest BCUT2D eigenvalue weighted by Crippen LogP contribution is -2.42. The second kappa shape index (κ2) is 58.4. The van der Waals surface area contributed by atoms with Gasteiger partial charge in [-0.1, -0.05) is 237 Å². The number of hydrogen-bond acceptors (Lipinski definition) is 36. The third kappa shape index (κ3) is 58.8. The normalized spacial score (nSPS) is 29.8. The molecule has 7 aliphatic heterocycles. The van der Waals surface area contributed by atoms with Crippen molar-refractivity contribution in [1.29, 1.82) is 0 Å². The molecule has 0 amide bonds. The van der Waals surface area contributed by atoms with Crippen molar-refractivity contribution >= 4 is 332 Å². The predicted molar refractivity (Wildman–Crippen MR) is 471 cm³/mol. The number of nitrogens with zero attached hydrogens (tertiary/aromatic N) is 1. The van der Waals surface area contributed by atoms with Gasteiger partial charge in [0.2, 0.25) is 27.8 Å². The molecule has 128 heavy (non-hydrogen) atoms. The fourth-order valence-electron chi connectivity index (χ4n) is 9.98. The van der Waals surface area contributed by atoms with Crippen LogP contribution < -0.4 is 0 Å². The van der Waals surface area contributed by atoms with Gasteiger partial charge < -0.3 is 92.5 Å². The fraction of sp³-hybridized carbons (Fsp3) is 0.926. The molecule has 0 aromatic rings. The van der Waals surface area contributed by atoms with Gasteiger partial charge in [-0.2, -0.15) is 26.2 Å². The van der Waals surface area contributed by atoms with Crippen molar-refractivity contribution in [3.05, 3.63) is 6.58 Å². The highest BCUT2D eigenvalue weighted by Gasteiger charge is 2.59. The summed E-state index contributed by atoms with van der Waals surface area (Å²) in [5.74, 6) is 1.28. The van der Waals surface area contributed by atoms with Gasteiger partial charge in [-0.15, -0.1) is 0 Å². The number of aliphatic hydroxyl groups is 5. The van der Waals surface area contributed by atoms with Crippen molar-refractivity contribution in [1.82, 2.24) is 0 Å². The number of hydrogen-bond donors (Lipinski definition) is 11. The maximum absolute atomic E-state index is 14.2. The van der Waals surface area contributed by atoms with E-state index in [2.05, 4.69) is 52.8 Å². The molecule has 39 nitrogen and oxygen atoms in total. The van der Waals surface area contributed by atoms with Gasteiger partial charge in [0, 0.05) is 48.3 Å². The Hall–Kier alpha value is 4.20. The quantitative estimate of drug-likeness (QED) is 0.00366. The number of phosphoric acid groups is 6. The van der Waals surface area contributed by atoms with Crippen LogP contribution in [0.5, 0.6) is 0 Å². The lowest BCUT2D eigenvalue weighted by molar-refractivity contribution is -0.266. The Balaban J connectivity index is 0.00000150. The molecule has 7 aliphatic rings. The van der Waals surface area contributed by atoms with Crippen LogP contribution in [0.2, 0.25) is 0 Å². The molecule has 738 valence electrons. The minimum atomic E-state index is -6.04. The summed E-state index contributed by atoms with van der Waals surface area (Å²) in [5, 5.41) is 62.7. The molecule has 0 spiro atoms. The van der Waals surface area contributed by atoms with Gasteiger partial charge in [-0.05, 0) is 93.1 Å². The van der Waals surface area contributed by atoms with Gasteiger partial charge in [0.25, 0.3) is 0 Å². The zero-order valence-electron chi connectivity index (χ0n) is 65.9. The Morgan fingerprint density at radius 3 is 1.04 bits per heavy atom. The van der Waals surface area contributed by atoms with E-state index in [1.54, 1.807) is 6.92 Å². The van der Waals surface area contributed by atoms with E-state index >= 15 is 0 Å². The van der Waals surface area contributed by atoms with Crippen molar-refractivity contribution in [2.24, 2.45) is 28.8 Å². The van der Waals surface area contributed by atoms with E-state index in [9.17, 15) is 60.0 Å². The van der Waals surface area contributed by atoms with E-state index in [-0.39, 0.29) is 73.8 Å². The van der Waals surface area contributed by atoms with E-state index in [0.717, 1.165) is 12.8 Å². The van der Waals surface area contributed by atoms with Gasteiger partial charge in [-0.25, -0.2) is 46.1 Å². The van der Waals surface area contributed by atoms with Crippen LogP contribution in [0.25, 0.3) is 0 Å². The number of carbonyl (C=O) groups excluding carboxylic acids is 1. The Bertz CT molecular complexity index is 3520. The lowest BCUT2D eigenvalue weighted by Gasteiger charge is -2.29. The predicted octanol–water partition coefficient (Wildman–Crippen LogP) is 13.2. The van der Waals surface area contributed by atoms with Crippen LogP contribution in [0, 0.1) is 23.7 Å². The summed E-state index contributed by atoms with van der Waals surface area (Å²) in [5.41, 5.74) is 0. The molecule has 7 rings (SSSR count). The van der Waals surface area contributed by atoms with Gasteiger partial charge >= 0.3 is 65.1 Å². The van der Waals surface area contributed by atoms with Crippen LogP contribution in [0.3, 0.4) is 0 Å². The Kier molecular flexibility index (Phi) is 60.3. The van der Waals surface area contributed by atoms with Crippen molar-refractivity contribution < 1.29 is 197 Å². The number of carbonyl (C=O) groups is 1. The molecule has 0 aromatic heterocycles. The number of aliphatic hydroxyl groups excluding tert-OH is 5. The number of halogens is 22. The van der Waals surface area contributed by atoms with Crippen molar-refractivity contribution in [2.45, 2.75) is 218 Å². The Morgan fingerprint density at radius 2 is 0.758 bits per heavy atom. The fourth-order valence-corrected chi connectivity index (χ4v) is 19.6. The first-order chi connectivity index (χ1) is 57.6. The van der Waals surface area contributed by atoms with E-state index < -0.39 is 206 Å². The van der Waals surface area contributed by atoms with Crippen LogP contribution in [0.15, 0.2) is 11.7 Å². The summed E-state index contributed by atoms with van der Waals surface area (Å²) >= 11 is 104. The molecule has 0 saturated carbocycles. The highest BCUT2D eigenvalue weighted by Crippen LogP contribution is 2.68. The van der Waals surface area contributed by atoms with E-state index in [4.69, 9.17) is 364 Å². The van der Waals surface area contributed by atoms with E-state index in [1.165, 1.54) is 6.92 Å². The molecule has 0 aliphatic carbocycles. The number of ether oxygens (including phenoxy) is 7. The second-order valence-corrected chi connectivity index (χ2v) is 51.5. The van der Waals surface area contributed by atoms with Crippen LogP contribution in [-0.2, 0) is 124 Å². The van der Waals surface area contributed by atoms with Crippen molar-refractivity contribution in [3.8, 4) is 0 Å². The summed E-state index contributed by atoms with van der Waals surface area (Å²) in [6.45, 7) is 7.45. The first-order valence-electron chi connectivity index (χ1n) is 35.0. The third-order valence-electron chi connectivity index (χ3n) is 15.2. The highest BCUT2D eigenvalue weighted by atomic mass is 35.6. The molecule has 9 unspecified atom stereocenters. The minimum Gasteiger partial charge on any atom is -0.404 e. The van der Waals surface area contributed by atoms with Crippen LogP contribution in [0.4, 0.5) is 17.6 Å². The molecule has 7 heterocycles. The average Bonchev–Trinajstić information content (AvgIpc) is 1.60. The topological polar surface area (TPSA) is 539 Å². The van der Waals surface area contributed by atoms with Crippen molar-refractivity contribution in [3.63, 3.8) is 0 Å². The zero-order chi connectivity index (χ0) is 100. The number of rotatable bonds is 30. The average molecular weight is 2350 g/mol. The maximum Gasteiger partial charge on any atom is 0.532 e. The highest BCUT2D eigenvalue weighted by molar-refractivity contribution is 7.80. The second-order valence-electron chi connectivity index (χ2n) is 26.9. The first kappa shape index (κ1) is 132.